The fraction of sp³-hybridized carbons (Fsp3) is 0.538. The normalized spacial score (nSPS) is 18.1. The van der Waals surface area contributed by atoms with Crippen molar-refractivity contribution in [2.75, 3.05) is 31.6 Å². The zero-order chi connectivity index (χ0) is 13.0. The quantitative estimate of drug-likeness (QED) is 0.826. The minimum absolute atomic E-state index is 0.0706. The molecule has 1 unspecified atom stereocenters. The van der Waals surface area contributed by atoms with E-state index in [1.54, 1.807) is 6.20 Å². The molecule has 0 saturated carbocycles. The van der Waals surface area contributed by atoms with E-state index in [2.05, 4.69) is 33.5 Å². The molecule has 0 aromatic carbocycles. The van der Waals surface area contributed by atoms with Crippen molar-refractivity contribution in [1.82, 2.24) is 15.6 Å². The smallest absolute Gasteiger partial charge is 0.239 e. The van der Waals surface area contributed by atoms with Crippen LogP contribution in [-0.4, -0.2) is 37.6 Å². The fourth-order valence-corrected chi connectivity index (χ4v) is 2.15. The molecule has 1 amide bonds. The number of nitrogens with one attached hydrogen (secondary N) is 2. The van der Waals surface area contributed by atoms with Crippen molar-refractivity contribution in [1.29, 1.82) is 0 Å². The van der Waals surface area contributed by atoms with Crippen molar-refractivity contribution in [2.45, 2.75) is 19.4 Å². The van der Waals surface area contributed by atoms with Gasteiger partial charge in [0.15, 0.2) is 0 Å². The number of carbonyl (C=O) groups excluding carboxylic acids is 1. The summed E-state index contributed by atoms with van der Waals surface area (Å²) in [6.07, 6.45) is 2.74. The highest BCUT2D eigenvalue weighted by atomic mass is 16.2. The maximum absolute atomic E-state index is 11.6. The van der Waals surface area contributed by atoms with Gasteiger partial charge in [0.25, 0.3) is 0 Å². The molecular weight excluding hydrogens is 228 g/mol. The Hall–Kier alpha value is -1.62. The SMILES string of the molecule is CNC(C)c1cccnc1N1CCCNC(=O)C1. The predicted octanol–water partition coefficient (Wildman–Crippen LogP) is 0.688. The van der Waals surface area contributed by atoms with Crippen LogP contribution in [0.4, 0.5) is 5.82 Å². The molecule has 0 spiro atoms. The van der Waals surface area contributed by atoms with Gasteiger partial charge in [0.2, 0.25) is 5.91 Å². The molecule has 2 heterocycles. The molecule has 1 aliphatic heterocycles. The molecule has 98 valence electrons. The number of rotatable bonds is 3. The highest BCUT2D eigenvalue weighted by Crippen LogP contribution is 2.23. The second kappa shape index (κ2) is 5.82. The van der Waals surface area contributed by atoms with Crippen molar-refractivity contribution in [3.63, 3.8) is 0 Å². The first kappa shape index (κ1) is 12.8. The Morgan fingerprint density at radius 3 is 3.17 bits per heavy atom. The van der Waals surface area contributed by atoms with Crippen LogP contribution in [0.5, 0.6) is 0 Å². The second-order valence-electron chi connectivity index (χ2n) is 4.55. The van der Waals surface area contributed by atoms with E-state index in [0.29, 0.717) is 6.54 Å². The molecule has 5 heteroatoms. The molecule has 1 aromatic rings. The first-order valence-electron chi connectivity index (χ1n) is 6.36. The molecule has 2 N–H and O–H groups in total. The lowest BCUT2D eigenvalue weighted by Gasteiger charge is -2.25. The van der Waals surface area contributed by atoms with Crippen LogP contribution < -0.4 is 15.5 Å². The van der Waals surface area contributed by atoms with E-state index in [-0.39, 0.29) is 11.9 Å². The van der Waals surface area contributed by atoms with Gasteiger partial charge in [-0.05, 0) is 26.5 Å². The van der Waals surface area contributed by atoms with Gasteiger partial charge in [0.05, 0.1) is 6.54 Å². The van der Waals surface area contributed by atoms with Crippen molar-refractivity contribution < 1.29 is 4.79 Å². The molecule has 18 heavy (non-hydrogen) atoms. The number of hydrogen-bond acceptors (Lipinski definition) is 4. The summed E-state index contributed by atoms with van der Waals surface area (Å²) < 4.78 is 0. The molecule has 0 aliphatic carbocycles. The van der Waals surface area contributed by atoms with Gasteiger partial charge in [-0.2, -0.15) is 0 Å². The number of pyridine rings is 1. The van der Waals surface area contributed by atoms with E-state index in [9.17, 15) is 4.79 Å². The van der Waals surface area contributed by atoms with Crippen LogP contribution in [0.15, 0.2) is 18.3 Å². The van der Waals surface area contributed by atoms with E-state index in [1.165, 1.54) is 0 Å². The largest absolute Gasteiger partial charge is 0.354 e. The summed E-state index contributed by atoms with van der Waals surface area (Å²) in [5.74, 6) is 0.984. The Balaban J connectivity index is 2.28. The van der Waals surface area contributed by atoms with Gasteiger partial charge in [-0.3, -0.25) is 4.79 Å². The number of amides is 1. The van der Waals surface area contributed by atoms with E-state index < -0.39 is 0 Å². The summed E-state index contributed by atoms with van der Waals surface area (Å²) in [6, 6.07) is 4.22. The van der Waals surface area contributed by atoms with Gasteiger partial charge < -0.3 is 15.5 Å². The monoisotopic (exact) mass is 248 g/mol. The molecule has 1 atom stereocenters. The van der Waals surface area contributed by atoms with Crippen LogP contribution in [0.25, 0.3) is 0 Å². The number of hydrogen-bond donors (Lipinski definition) is 2. The van der Waals surface area contributed by atoms with Crippen LogP contribution in [0, 0.1) is 0 Å². The van der Waals surface area contributed by atoms with Gasteiger partial charge >= 0.3 is 0 Å². The first-order chi connectivity index (χ1) is 8.72. The number of aromatic nitrogens is 1. The van der Waals surface area contributed by atoms with Gasteiger partial charge in [0, 0.05) is 30.9 Å². The van der Waals surface area contributed by atoms with Crippen LogP contribution in [0.3, 0.4) is 0 Å². The second-order valence-corrected chi connectivity index (χ2v) is 4.55. The van der Waals surface area contributed by atoms with Crippen LogP contribution in [0.1, 0.15) is 24.9 Å². The van der Waals surface area contributed by atoms with E-state index >= 15 is 0 Å². The van der Waals surface area contributed by atoms with E-state index in [4.69, 9.17) is 0 Å². The average Bonchev–Trinajstić information content (AvgIpc) is 2.62. The van der Waals surface area contributed by atoms with E-state index in [0.717, 1.165) is 30.9 Å². The van der Waals surface area contributed by atoms with Gasteiger partial charge in [-0.25, -0.2) is 4.98 Å². The van der Waals surface area contributed by atoms with Crippen molar-refractivity contribution in [3.8, 4) is 0 Å². The van der Waals surface area contributed by atoms with Crippen LogP contribution in [0.2, 0.25) is 0 Å². The number of carbonyl (C=O) groups is 1. The summed E-state index contributed by atoms with van der Waals surface area (Å²) in [5.41, 5.74) is 1.13. The maximum atomic E-state index is 11.6. The minimum Gasteiger partial charge on any atom is -0.354 e. The van der Waals surface area contributed by atoms with Crippen molar-refractivity contribution in [2.24, 2.45) is 0 Å². The summed E-state index contributed by atoms with van der Waals surface area (Å²) >= 11 is 0. The van der Waals surface area contributed by atoms with Gasteiger partial charge in [0.1, 0.15) is 5.82 Å². The lowest BCUT2D eigenvalue weighted by molar-refractivity contribution is -0.119. The standard InChI is InChI=1S/C13H20N4O/c1-10(14-2)11-5-3-6-16-13(11)17-8-4-7-15-12(18)9-17/h3,5-6,10,14H,4,7-9H2,1-2H3,(H,15,18). The van der Waals surface area contributed by atoms with Gasteiger partial charge in [-0.1, -0.05) is 6.07 Å². The Kier molecular flexibility index (Phi) is 4.15. The van der Waals surface area contributed by atoms with Crippen LogP contribution >= 0.6 is 0 Å². The third-order valence-electron chi connectivity index (χ3n) is 3.28. The molecular formula is C13H20N4O. The summed E-state index contributed by atoms with van der Waals surface area (Å²) in [4.78, 5) is 18.1. The Labute approximate surface area is 108 Å². The average molecular weight is 248 g/mol. The third-order valence-corrected chi connectivity index (χ3v) is 3.28. The lowest BCUT2D eigenvalue weighted by Crippen LogP contribution is -2.34. The van der Waals surface area contributed by atoms with E-state index in [1.807, 2.05) is 13.1 Å². The number of anilines is 1. The minimum atomic E-state index is 0.0706. The molecule has 5 nitrogen and oxygen atoms in total. The Bertz CT molecular complexity index is 421. The molecule has 2 rings (SSSR count). The number of nitrogens with zero attached hydrogens (tertiary/aromatic N) is 2. The Morgan fingerprint density at radius 2 is 2.39 bits per heavy atom. The van der Waals surface area contributed by atoms with Crippen molar-refractivity contribution >= 4 is 11.7 Å². The highest BCUT2D eigenvalue weighted by Gasteiger charge is 2.20. The van der Waals surface area contributed by atoms with Crippen LogP contribution in [-0.2, 0) is 4.79 Å². The molecule has 0 radical (unpaired) electrons. The highest BCUT2D eigenvalue weighted by molar-refractivity contribution is 5.81. The van der Waals surface area contributed by atoms with Gasteiger partial charge in [-0.15, -0.1) is 0 Å². The predicted molar refractivity (Wildman–Crippen MR) is 71.6 cm³/mol. The third kappa shape index (κ3) is 2.79. The molecule has 1 fully saturated rings. The molecule has 0 bridgehead atoms. The summed E-state index contributed by atoms with van der Waals surface area (Å²) in [7, 11) is 1.93. The molecule has 1 aromatic heterocycles. The summed E-state index contributed by atoms with van der Waals surface area (Å²) in [5, 5.41) is 6.10. The first-order valence-corrected chi connectivity index (χ1v) is 6.36. The molecule has 1 aliphatic rings. The topological polar surface area (TPSA) is 57.3 Å². The molecule has 1 saturated heterocycles. The lowest BCUT2D eigenvalue weighted by atomic mass is 10.1. The Morgan fingerprint density at radius 1 is 1.56 bits per heavy atom. The zero-order valence-electron chi connectivity index (χ0n) is 10.9. The van der Waals surface area contributed by atoms with Crippen molar-refractivity contribution in [3.05, 3.63) is 23.9 Å². The summed E-state index contributed by atoms with van der Waals surface area (Å²) in [6.45, 7) is 4.09. The maximum Gasteiger partial charge on any atom is 0.239 e. The fourth-order valence-electron chi connectivity index (χ4n) is 2.15. The zero-order valence-corrected chi connectivity index (χ0v) is 10.9.